The molecular weight excluding hydrogens is 224 g/mol. The SMILES string of the molecule is CCCCC(CC)CC(NCCC)c1cn[nH]n1. The summed E-state index contributed by atoms with van der Waals surface area (Å²) in [6.45, 7) is 7.79. The highest BCUT2D eigenvalue weighted by atomic mass is 15.3. The van der Waals surface area contributed by atoms with Gasteiger partial charge in [0.15, 0.2) is 0 Å². The first kappa shape index (κ1) is 15.2. The van der Waals surface area contributed by atoms with Crippen LogP contribution in [0.25, 0.3) is 0 Å². The van der Waals surface area contributed by atoms with Gasteiger partial charge in [0, 0.05) is 0 Å². The highest BCUT2D eigenvalue weighted by Crippen LogP contribution is 2.25. The van der Waals surface area contributed by atoms with Gasteiger partial charge < -0.3 is 5.32 Å². The fourth-order valence-electron chi connectivity index (χ4n) is 2.32. The molecule has 1 aromatic heterocycles. The minimum Gasteiger partial charge on any atom is -0.309 e. The van der Waals surface area contributed by atoms with E-state index in [-0.39, 0.29) is 0 Å². The lowest BCUT2D eigenvalue weighted by Crippen LogP contribution is -2.25. The van der Waals surface area contributed by atoms with E-state index in [0.29, 0.717) is 6.04 Å². The molecule has 0 saturated carbocycles. The largest absolute Gasteiger partial charge is 0.309 e. The number of H-pyrrole nitrogens is 1. The molecule has 104 valence electrons. The minimum atomic E-state index is 0.352. The Labute approximate surface area is 111 Å². The van der Waals surface area contributed by atoms with Gasteiger partial charge in [-0.3, -0.25) is 0 Å². The molecule has 4 nitrogen and oxygen atoms in total. The van der Waals surface area contributed by atoms with Gasteiger partial charge in [0.25, 0.3) is 0 Å². The molecule has 0 aliphatic rings. The molecule has 1 heterocycles. The molecule has 0 fully saturated rings. The molecule has 0 aliphatic heterocycles. The molecule has 0 amide bonds. The van der Waals surface area contributed by atoms with E-state index >= 15 is 0 Å². The number of aromatic nitrogens is 3. The number of hydrogen-bond acceptors (Lipinski definition) is 3. The summed E-state index contributed by atoms with van der Waals surface area (Å²) in [6, 6.07) is 0.352. The first-order valence-corrected chi connectivity index (χ1v) is 7.40. The molecule has 2 atom stereocenters. The molecule has 2 N–H and O–H groups in total. The zero-order valence-corrected chi connectivity index (χ0v) is 12.1. The number of nitrogens with zero attached hydrogens (tertiary/aromatic N) is 2. The fourth-order valence-corrected chi connectivity index (χ4v) is 2.32. The van der Waals surface area contributed by atoms with Crippen LogP contribution in [0.2, 0.25) is 0 Å². The topological polar surface area (TPSA) is 53.6 Å². The predicted octanol–water partition coefficient (Wildman–Crippen LogP) is 3.45. The summed E-state index contributed by atoms with van der Waals surface area (Å²) < 4.78 is 0. The molecular formula is C14H28N4. The molecule has 0 saturated heterocycles. The minimum absolute atomic E-state index is 0.352. The molecule has 0 spiro atoms. The zero-order valence-electron chi connectivity index (χ0n) is 12.1. The summed E-state index contributed by atoms with van der Waals surface area (Å²) in [4.78, 5) is 0. The van der Waals surface area contributed by atoms with Gasteiger partial charge in [-0.2, -0.15) is 15.4 Å². The Morgan fingerprint density at radius 1 is 1.28 bits per heavy atom. The summed E-state index contributed by atoms with van der Waals surface area (Å²) in [7, 11) is 0. The van der Waals surface area contributed by atoms with Crippen LogP contribution >= 0.6 is 0 Å². The first-order valence-electron chi connectivity index (χ1n) is 7.40. The smallest absolute Gasteiger partial charge is 0.0993 e. The van der Waals surface area contributed by atoms with Crippen molar-refractivity contribution in [2.45, 2.75) is 65.3 Å². The maximum atomic E-state index is 4.24. The van der Waals surface area contributed by atoms with Gasteiger partial charge in [-0.05, 0) is 25.3 Å². The van der Waals surface area contributed by atoms with Crippen LogP contribution < -0.4 is 5.32 Å². The van der Waals surface area contributed by atoms with Gasteiger partial charge in [-0.15, -0.1) is 0 Å². The number of nitrogens with one attached hydrogen (secondary N) is 2. The Morgan fingerprint density at radius 3 is 2.67 bits per heavy atom. The van der Waals surface area contributed by atoms with Gasteiger partial charge >= 0.3 is 0 Å². The molecule has 0 bridgehead atoms. The highest BCUT2D eigenvalue weighted by Gasteiger charge is 2.18. The monoisotopic (exact) mass is 252 g/mol. The van der Waals surface area contributed by atoms with Crippen molar-refractivity contribution in [3.63, 3.8) is 0 Å². The molecule has 0 aliphatic carbocycles. The Morgan fingerprint density at radius 2 is 2.11 bits per heavy atom. The summed E-state index contributed by atoms with van der Waals surface area (Å²) in [6.07, 6.45) is 9.37. The quantitative estimate of drug-likeness (QED) is 0.670. The van der Waals surface area contributed by atoms with E-state index in [1.165, 1.54) is 32.1 Å². The van der Waals surface area contributed by atoms with Crippen molar-refractivity contribution in [3.05, 3.63) is 11.9 Å². The van der Waals surface area contributed by atoms with Crippen molar-refractivity contribution < 1.29 is 0 Å². The van der Waals surface area contributed by atoms with E-state index in [2.05, 4.69) is 41.5 Å². The van der Waals surface area contributed by atoms with Crippen LogP contribution in [0.5, 0.6) is 0 Å². The van der Waals surface area contributed by atoms with Crippen LogP contribution in [0.1, 0.15) is 71.0 Å². The van der Waals surface area contributed by atoms with Crippen molar-refractivity contribution in [3.8, 4) is 0 Å². The van der Waals surface area contributed by atoms with Gasteiger partial charge in [-0.1, -0.05) is 46.5 Å². The maximum absolute atomic E-state index is 4.24. The third-order valence-electron chi connectivity index (χ3n) is 3.54. The van der Waals surface area contributed by atoms with Crippen LogP contribution in [0, 0.1) is 5.92 Å². The first-order chi connectivity index (χ1) is 8.81. The third kappa shape index (κ3) is 5.17. The van der Waals surface area contributed by atoms with Crippen molar-refractivity contribution in [2.24, 2.45) is 5.92 Å². The van der Waals surface area contributed by atoms with Gasteiger partial charge in [-0.25, -0.2) is 0 Å². The number of rotatable bonds is 10. The van der Waals surface area contributed by atoms with E-state index in [1.54, 1.807) is 0 Å². The second-order valence-electron chi connectivity index (χ2n) is 5.05. The number of unbranched alkanes of at least 4 members (excludes halogenated alkanes) is 1. The van der Waals surface area contributed by atoms with E-state index in [9.17, 15) is 0 Å². The second kappa shape index (κ2) is 9.09. The van der Waals surface area contributed by atoms with E-state index in [1.807, 2.05) is 6.20 Å². The molecule has 4 heteroatoms. The van der Waals surface area contributed by atoms with Crippen molar-refractivity contribution in [1.82, 2.24) is 20.7 Å². The molecule has 2 unspecified atom stereocenters. The van der Waals surface area contributed by atoms with Crippen LogP contribution in [-0.4, -0.2) is 22.0 Å². The molecule has 1 rings (SSSR count). The van der Waals surface area contributed by atoms with E-state index in [0.717, 1.165) is 24.6 Å². The van der Waals surface area contributed by atoms with Gasteiger partial charge in [0.05, 0.1) is 17.9 Å². The van der Waals surface area contributed by atoms with Gasteiger partial charge in [0.2, 0.25) is 0 Å². The Bertz CT molecular complexity index is 284. The van der Waals surface area contributed by atoms with E-state index in [4.69, 9.17) is 0 Å². The van der Waals surface area contributed by atoms with Crippen LogP contribution in [-0.2, 0) is 0 Å². The summed E-state index contributed by atoms with van der Waals surface area (Å²) in [5, 5.41) is 14.5. The Hall–Kier alpha value is -0.900. The predicted molar refractivity (Wildman–Crippen MR) is 75.3 cm³/mol. The lowest BCUT2D eigenvalue weighted by atomic mass is 9.91. The number of aromatic amines is 1. The second-order valence-corrected chi connectivity index (χ2v) is 5.05. The van der Waals surface area contributed by atoms with Crippen LogP contribution in [0.15, 0.2) is 6.20 Å². The number of hydrogen-bond donors (Lipinski definition) is 2. The van der Waals surface area contributed by atoms with Crippen molar-refractivity contribution >= 4 is 0 Å². The molecule has 1 aromatic rings. The summed E-state index contributed by atoms with van der Waals surface area (Å²) in [5.74, 6) is 0.788. The van der Waals surface area contributed by atoms with Gasteiger partial charge in [0.1, 0.15) is 0 Å². The highest BCUT2D eigenvalue weighted by molar-refractivity contribution is 5.00. The average molecular weight is 252 g/mol. The van der Waals surface area contributed by atoms with Crippen molar-refractivity contribution in [1.29, 1.82) is 0 Å². The summed E-state index contributed by atoms with van der Waals surface area (Å²) in [5.41, 5.74) is 1.05. The lowest BCUT2D eigenvalue weighted by molar-refractivity contribution is 0.349. The Balaban J connectivity index is 2.53. The lowest BCUT2D eigenvalue weighted by Gasteiger charge is -2.22. The van der Waals surface area contributed by atoms with Crippen LogP contribution in [0.4, 0.5) is 0 Å². The van der Waals surface area contributed by atoms with E-state index < -0.39 is 0 Å². The maximum Gasteiger partial charge on any atom is 0.0993 e. The standard InChI is InChI=1S/C14H28N4/c1-4-7-8-12(6-3)10-13(15-9-5-2)14-11-16-18-17-14/h11-13,15H,4-10H2,1-3H3,(H,16,17,18). The zero-order chi connectivity index (χ0) is 13.2. The normalized spacial score (nSPS) is 14.6. The average Bonchev–Trinajstić information content (AvgIpc) is 2.92. The third-order valence-corrected chi connectivity index (χ3v) is 3.54. The molecule has 18 heavy (non-hydrogen) atoms. The fraction of sp³-hybridized carbons (Fsp3) is 0.857. The van der Waals surface area contributed by atoms with Crippen LogP contribution in [0.3, 0.4) is 0 Å². The molecule has 0 aromatic carbocycles. The van der Waals surface area contributed by atoms with Crippen molar-refractivity contribution in [2.75, 3.05) is 6.54 Å². The molecule has 0 radical (unpaired) electrons. The summed E-state index contributed by atoms with van der Waals surface area (Å²) >= 11 is 0. The Kier molecular flexibility index (Phi) is 7.65.